The number of benzene rings is 1. The van der Waals surface area contributed by atoms with Crippen molar-refractivity contribution in [3.05, 3.63) is 33.8 Å². The normalized spacial score (nSPS) is 22.8. The standard InChI is InChI=1S/C12H12BrF3N2O/c13-6-1-2-9(10(3-6)12(14,15)16)11(19)18-8-4-7(17)5-8/h1-3,7-8H,4-5,17H2,(H,18,19). The summed E-state index contributed by atoms with van der Waals surface area (Å²) in [5.74, 6) is -0.711. The predicted octanol–water partition coefficient (Wildman–Crippen LogP) is 2.69. The highest BCUT2D eigenvalue weighted by molar-refractivity contribution is 9.10. The fourth-order valence-corrected chi connectivity index (χ4v) is 2.35. The summed E-state index contributed by atoms with van der Waals surface area (Å²) >= 11 is 2.97. The van der Waals surface area contributed by atoms with Crippen molar-refractivity contribution >= 4 is 21.8 Å². The third-order valence-electron chi connectivity index (χ3n) is 3.04. The van der Waals surface area contributed by atoms with Gasteiger partial charge in [0.2, 0.25) is 0 Å². The van der Waals surface area contributed by atoms with Gasteiger partial charge in [-0.25, -0.2) is 0 Å². The van der Waals surface area contributed by atoms with Crippen molar-refractivity contribution < 1.29 is 18.0 Å². The number of hydrogen-bond acceptors (Lipinski definition) is 2. The number of amides is 1. The quantitative estimate of drug-likeness (QED) is 0.872. The minimum absolute atomic E-state index is 0.0253. The molecule has 3 nitrogen and oxygen atoms in total. The molecule has 104 valence electrons. The number of carbonyl (C=O) groups excluding carboxylic acids is 1. The van der Waals surface area contributed by atoms with E-state index in [-0.39, 0.29) is 22.1 Å². The van der Waals surface area contributed by atoms with Crippen LogP contribution in [0, 0.1) is 0 Å². The maximum atomic E-state index is 12.9. The van der Waals surface area contributed by atoms with Crippen molar-refractivity contribution in [1.82, 2.24) is 5.32 Å². The van der Waals surface area contributed by atoms with E-state index >= 15 is 0 Å². The Morgan fingerprint density at radius 3 is 2.53 bits per heavy atom. The molecule has 0 unspecified atom stereocenters. The lowest BCUT2D eigenvalue weighted by Gasteiger charge is -2.33. The van der Waals surface area contributed by atoms with Gasteiger partial charge in [-0.05, 0) is 31.0 Å². The van der Waals surface area contributed by atoms with Crippen molar-refractivity contribution in [3.8, 4) is 0 Å². The van der Waals surface area contributed by atoms with Gasteiger partial charge in [0.05, 0.1) is 11.1 Å². The lowest BCUT2D eigenvalue weighted by molar-refractivity contribution is -0.138. The summed E-state index contributed by atoms with van der Waals surface area (Å²) in [6, 6.07) is 3.38. The van der Waals surface area contributed by atoms with Crippen molar-refractivity contribution in [3.63, 3.8) is 0 Å². The second-order valence-electron chi connectivity index (χ2n) is 4.59. The summed E-state index contributed by atoms with van der Waals surface area (Å²) in [4.78, 5) is 11.9. The Bertz CT molecular complexity index is 498. The maximum absolute atomic E-state index is 12.9. The molecule has 7 heteroatoms. The minimum atomic E-state index is -4.56. The number of nitrogens with two attached hydrogens (primary N) is 1. The van der Waals surface area contributed by atoms with Gasteiger partial charge in [0, 0.05) is 16.6 Å². The molecule has 0 atom stereocenters. The van der Waals surface area contributed by atoms with Gasteiger partial charge in [0.25, 0.3) is 5.91 Å². The van der Waals surface area contributed by atoms with Crippen LogP contribution in [-0.4, -0.2) is 18.0 Å². The first-order valence-corrected chi connectivity index (χ1v) is 6.50. The second-order valence-corrected chi connectivity index (χ2v) is 5.51. The monoisotopic (exact) mass is 336 g/mol. The molecule has 0 radical (unpaired) electrons. The van der Waals surface area contributed by atoms with Gasteiger partial charge in [-0.3, -0.25) is 4.79 Å². The summed E-state index contributed by atoms with van der Waals surface area (Å²) in [7, 11) is 0. The Labute approximate surface area is 116 Å². The Morgan fingerprint density at radius 1 is 1.37 bits per heavy atom. The number of hydrogen-bond donors (Lipinski definition) is 2. The molecule has 1 aromatic rings. The van der Waals surface area contributed by atoms with Gasteiger partial charge in [0.1, 0.15) is 0 Å². The number of halogens is 4. The van der Waals surface area contributed by atoms with Crippen molar-refractivity contribution in [1.29, 1.82) is 0 Å². The molecule has 3 N–H and O–H groups in total. The van der Waals surface area contributed by atoms with Crippen molar-refractivity contribution in [2.45, 2.75) is 31.1 Å². The van der Waals surface area contributed by atoms with Crippen LogP contribution in [0.3, 0.4) is 0 Å². The fraction of sp³-hybridized carbons (Fsp3) is 0.417. The third-order valence-corrected chi connectivity index (χ3v) is 3.53. The third kappa shape index (κ3) is 3.27. The summed E-state index contributed by atoms with van der Waals surface area (Å²) in [6.07, 6.45) is -3.36. The van der Waals surface area contributed by atoms with E-state index in [0.29, 0.717) is 12.8 Å². The molecule has 0 bridgehead atoms. The lowest BCUT2D eigenvalue weighted by Crippen LogP contribution is -2.50. The number of nitrogens with one attached hydrogen (secondary N) is 1. The molecular formula is C12H12BrF3N2O. The van der Waals surface area contributed by atoms with Crippen molar-refractivity contribution in [2.75, 3.05) is 0 Å². The molecule has 1 aliphatic rings. The topological polar surface area (TPSA) is 55.1 Å². The minimum Gasteiger partial charge on any atom is -0.349 e. The molecule has 0 aromatic heterocycles. The van der Waals surface area contributed by atoms with E-state index in [4.69, 9.17) is 5.73 Å². The highest BCUT2D eigenvalue weighted by Gasteiger charge is 2.36. The van der Waals surface area contributed by atoms with Crippen LogP contribution in [0.1, 0.15) is 28.8 Å². The highest BCUT2D eigenvalue weighted by Crippen LogP contribution is 2.34. The Kier molecular flexibility index (Phi) is 3.87. The first-order chi connectivity index (χ1) is 8.77. The molecule has 19 heavy (non-hydrogen) atoms. The van der Waals surface area contributed by atoms with Gasteiger partial charge >= 0.3 is 6.18 Å². The second kappa shape index (κ2) is 5.13. The van der Waals surface area contributed by atoms with E-state index in [1.54, 1.807) is 0 Å². The smallest absolute Gasteiger partial charge is 0.349 e. The van der Waals surface area contributed by atoms with Crippen LogP contribution < -0.4 is 11.1 Å². The Morgan fingerprint density at radius 2 is 2.00 bits per heavy atom. The molecular weight excluding hydrogens is 325 g/mol. The van der Waals surface area contributed by atoms with E-state index in [1.807, 2.05) is 0 Å². The summed E-state index contributed by atoms with van der Waals surface area (Å²) in [6.45, 7) is 0. The van der Waals surface area contributed by atoms with E-state index < -0.39 is 17.6 Å². The van der Waals surface area contributed by atoms with Crippen LogP contribution in [0.2, 0.25) is 0 Å². The van der Waals surface area contributed by atoms with Crippen LogP contribution in [0.15, 0.2) is 22.7 Å². The van der Waals surface area contributed by atoms with E-state index in [0.717, 1.165) is 6.07 Å². The van der Waals surface area contributed by atoms with Crippen LogP contribution in [0.25, 0.3) is 0 Å². The average Bonchev–Trinajstić information content (AvgIpc) is 2.25. The molecule has 0 heterocycles. The van der Waals surface area contributed by atoms with Gasteiger partial charge < -0.3 is 11.1 Å². The molecule has 2 rings (SSSR count). The first-order valence-electron chi connectivity index (χ1n) is 5.70. The zero-order valence-corrected chi connectivity index (χ0v) is 11.4. The highest BCUT2D eigenvalue weighted by atomic mass is 79.9. The predicted molar refractivity (Wildman–Crippen MR) is 67.6 cm³/mol. The molecule has 0 spiro atoms. The van der Waals surface area contributed by atoms with E-state index in [2.05, 4.69) is 21.2 Å². The molecule has 1 saturated carbocycles. The van der Waals surface area contributed by atoms with Gasteiger partial charge in [-0.15, -0.1) is 0 Å². The molecule has 1 fully saturated rings. The molecule has 0 saturated heterocycles. The van der Waals surface area contributed by atoms with Crippen LogP contribution in [-0.2, 0) is 6.18 Å². The molecule has 1 amide bonds. The molecule has 1 aliphatic carbocycles. The number of rotatable bonds is 2. The molecule has 0 aliphatic heterocycles. The average molecular weight is 337 g/mol. The number of alkyl halides is 3. The van der Waals surface area contributed by atoms with E-state index in [1.165, 1.54) is 12.1 Å². The summed E-state index contributed by atoms with van der Waals surface area (Å²) in [5.41, 5.74) is 4.26. The zero-order valence-electron chi connectivity index (χ0n) is 9.80. The first kappa shape index (κ1) is 14.3. The molecule has 1 aromatic carbocycles. The van der Waals surface area contributed by atoms with Crippen LogP contribution in [0.5, 0.6) is 0 Å². The summed E-state index contributed by atoms with van der Waals surface area (Å²) in [5, 5.41) is 2.56. The number of carbonyl (C=O) groups is 1. The Balaban J connectivity index is 2.21. The van der Waals surface area contributed by atoms with Crippen molar-refractivity contribution in [2.24, 2.45) is 5.73 Å². The lowest BCUT2D eigenvalue weighted by atomic mass is 9.87. The van der Waals surface area contributed by atoms with Gasteiger partial charge in [-0.1, -0.05) is 15.9 Å². The largest absolute Gasteiger partial charge is 0.417 e. The Hall–Kier alpha value is -1.08. The zero-order chi connectivity index (χ0) is 14.2. The SMILES string of the molecule is NC1CC(NC(=O)c2ccc(Br)cc2C(F)(F)F)C1. The fourth-order valence-electron chi connectivity index (χ4n) is 1.99. The van der Waals surface area contributed by atoms with E-state index in [9.17, 15) is 18.0 Å². The maximum Gasteiger partial charge on any atom is 0.417 e. The van der Waals surface area contributed by atoms with Gasteiger partial charge in [0.15, 0.2) is 0 Å². The van der Waals surface area contributed by atoms with Crippen LogP contribution >= 0.6 is 15.9 Å². The summed E-state index contributed by atoms with van der Waals surface area (Å²) < 4.78 is 38.9. The van der Waals surface area contributed by atoms with Gasteiger partial charge in [-0.2, -0.15) is 13.2 Å². The van der Waals surface area contributed by atoms with Crippen LogP contribution in [0.4, 0.5) is 13.2 Å².